The third kappa shape index (κ3) is 6.16. The molecule has 10 heteroatoms. The summed E-state index contributed by atoms with van der Waals surface area (Å²) < 4.78 is 62.7. The van der Waals surface area contributed by atoms with E-state index < -0.39 is 15.6 Å². The van der Waals surface area contributed by atoms with E-state index in [0.29, 0.717) is 6.61 Å². The van der Waals surface area contributed by atoms with Crippen LogP contribution < -0.4 is 5.73 Å². The lowest BCUT2D eigenvalue weighted by Crippen LogP contribution is -2.44. The first-order chi connectivity index (χ1) is 10.5. The largest absolute Gasteiger partial charge is 0.522 e. The summed E-state index contributed by atoms with van der Waals surface area (Å²) in [6.45, 7) is 0.350. The van der Waals surface area contributed by atoms with Crippen LogP contribution in [0.15, 0.2) is 30.3 Å². The summed E-state index contributed by atoms with van der Waals surface area (Å²) in [5, 5.41) is 0. The Bertz CT molecular complexity index is 618. The highest BCUT2D eigenvalue weighted by molar-refractivity contribution is 7.86. The molecular formula is C13H16F3NO5S. The maximum absolute atomic E-state index is 11.5. The Morgan fingerprint density at radius 3 is 2.13 bits per heavy atom. The Labute approximate surface area is 131 Å². The molecule has 2 atom stereocenters. The quantitative estimate of drug-likeness (QED) is 0.487. The van der Waals surface area contributed by atoms with E-state index in [1.807, 2.05) is 30.3 Å². The summed E-state index contributed by atoms with van der Waals surface area (Å²) in [5.74, 6) is -0.230. The van der Waals surface area contributed by atoms with Gasteiger partial charge in [-0.1, -0.05) is 30.3 Å². The van der Waals surface area contributed by atoms with Gasteiger partial charge in [-0.2, -0.15) is 21.6 Å². The number of nitrogens with two attached hydrogens (primary N) is 1. The molecule has 1 aromatic rings. The topological polar surface area (TPSA) is 107 Å². The Kier molecular flexibility index (Phi) is 6.54. The highest BCUT2D eigenvalue weighted by Crippen LogP contribution is 2.26. The minimum absolute atomic E-state index is 0.00766. The van der Waals surface area contributed by atoms with Crippen molar-refractivity contribution in [2.45, 2.75) is 31.0 Å². The van der Waals surface area contributed by atoms with E-state index in [1.54, 1.807) is 0 Å². The van der Waals surface area contributed by atoms with E-state index in [1.165, 1.54) is 0 Å². The number of esters is 1. The molecule has 3 N–H and O–H groups in total. The van der Waals surface area contributed by atoms with Crippen LogP contribution in [0.1, 0.15) is 18.4 Å². The van der Waals surface area contributed by atoms with Crippen molar-refractivity contribution in [2.24, 2.45) is 11.7 Å². The Morgan fingerprint density at radius 2 is 1.78 bits per heavy atom. The standard InChI is InChI=1S/C12H15NO2.CHF3O3S/c13-11-7-6-10(11)12(14)15-8-9-4-2-1-3-5-9;2-1(3,4)8(5,6)7/h1-5,10-11H,6-8,13H2;(H,5,6,7)/t10-,11+;/m1./s1. The molecule has 0 spiro atoms. The number of halogens is 3. The van der Waals surface area contributed by atoms with Crippen molar-refractivity contribution < 1.29 is 35.7 Å². The first kappa shape index (κ1) is 19.4. The molecule has 130 valence electrons. The van der Waals surface area contributed by atoms with Gasteiger partial charge in [0.1, 0.15) is 6.61 Å². The number of rotatable bonds is 3. The molecule has 0 aliphatic heterocycles. The number of carbonyl (C=O) groups is 1. The number of hydrogen-bond donors (Lipinski definition) is 2. The van der Waals surface area contributed by atoms with Crippen LogP contribution in [-0.4, -0.2) is 30.5 Å². The SMILES string of the molecule is N[C@H]1CC[C@H]1C(=O)OCc1ccccc1.O=S(=O)(O)C(F)(F)F. The average molecular weight is 355 g/mol. The predicted octanol–water partition coefficient (Wildman–Crippen LogP) is 1.86. The van der Waals surface area contributed by atoms with E-state index in [4.69, 9.17) is 23.4 Å². The normalized spacial score (nSPS) is 20.7. The molecular weight excluding hydrogens is 339 g/mol. The molecule has 6 nitrogen and oxygen atoms in total. The summed E-state index contributed by atoms with van der Waals surface area (Å²) in [6.07, 6.45) is 1.81. The molecule has 0 aromatic heterocycles. The van der Waals surface area contributed by atoms with E-state index in [2.05, 4.69) is 0 Å². The van der Waals surface area contributed by atoms with Gasteiger partial charge in [0.2, 0.25) is 0 Å². The molecule has 1 aliphatic carbocycles. The summed E-state index contributed by atoms with van der Waals surface area (Å²) >= 11 is 0. The minimum atomic E-state index is -5.84. The zero-order valence-corrected chi connectivity index (χ0v) is 12.7. The van der Waals surface area contributed by atoms with Crippen molar-refractivity contribution in [3.05, 3.63) is 35.9 Å². The second-order valence-electron chi connectivity index (χ2n) is 4.86. The summed E-state index contributed by atoms with van der Waals surface area (Å²) in [6, 6.07) is 9.68. The molecule has 1 aliphatic rings. The molecule has 0 heterocycles. The molecule has 1 saturated carbocycles. The summed E-state index contributed by atoms with van der Waals surface area (Å²) in [4.78, 5) is 11.5. The zero-order chi connectivity index (χ0) is 17.7. The third-order valence-electron chi connectivity index (χ3n) is 3.15. The number of hydrogen-bond acceptors (Lipinski definition) is 5. The number of carbonyl (C=O) groups excluding carboxylic acids is 1. The molecule has 1 fully saturated rings. The van der Waals surface area contributed by atoms with Gasteiger partial charge in [0.05, 0.1) is 5.92 Å². The van der Waals surface area contributed by atoms with Gasteiger partial charge in [-0.05, 0) is 18.4 Å². The van der Waals surface area contributed by atoms with Crippen LogP contribution in [0.25, 0.3) is 0 Å². The van der Waals surface area contributed by atoms with Crippen LogP contribution in [-0.2, 0) is 26.3 Å². The number of benzene rings is 1. The van der Waals surface area contributed by atoms with E-state index in [0.717, 1.165) is 18.4 Å². The average Bonchev–Trinajstić information content (AvgIpc) is 2.43. The summed E-state index contributed by atoms with van der Waals surface area (Å²) in [5.41, 5.74) is 1.17. The second-order valence-corrected chi connectivity index (χ2v) is 6.27. The second kappa shape index (κ2) is 7.75. The van der Waals surface area contributed by atoms with Crippen molar-refractivity contribution in [1.29, 1.82) is 0 Å². The van der Waals surface area contributed by atoms with Crippen LogP contribution in [0.2, 0.25) is 0 Å². The van der Waals surface area contributed by atoms with Crippen LogP contribution in [0.5, 0.6) is 0 Å². The van der Waals surface area contributed by atoms with Gasteiger partial charge in [0.25, 0.3) is 0 Å². The zero-order valence-electron chi connectivity index (χ0n) is 11.9. The molecule has 0 unspecified atom stereocenters. The van der Waals surface area contributed by atoms with Gasteiger partial charge in [-0.15, -0.1) is 0 Å². The third-order valence-corrected chi connectivity index (χ3v) is 3.73. The van der Waals surface area contributed by atoms with Crippen LogP contribution in [0.3, 0.4) is 0 Å². The Balaban J connectivity index is 0.000000284. The fraction of sp³-hybridized carbons (Fsp3) is 0.462. The highest BCUT2D eigenvalue weighted by Gasteiger charge is 2.44. The highest BCUT2D eigenvalue weighted by atomic mass is 32.2. The first-order valence-electron chi connectivity index (χ1n) is 6.52. The van der Waals surface area contributed by atoms with E-state index in [-0.39, 0.29) is 17.9 Å². The minimum Gasteiger partial charge on any atom is -0.461 e. The maximum Gasteiger partial charge on any atom is 0.522 e. The number of ether oxygens (including phenoxy) is 1. The smallest absolute Gasteiger partial charge is 0.461 e. The van der Waals surface area contributed by atoms with Gasteiger partial charge >= 0.3 is 21.6 Å². The fourth-order valence-electron chi connectivity index (χ4n) is 1.65. The van der Waals surface area contributed by atoms with Gasteiger partial charge in [-0.25, -0.2) is 0 Å². The van der Waals surface area contributed by atoms with Gasteiger partial charge in [0.15, 0.2) is 0 Å². The first-order valence-corrected chi connectivity index (χ1v) is 7.96. The summed E-state index contributed by atoms with van der Waals surface area (Å²) in [7, 11) is -5.84. The molecule has 23 heavy (non-hydrogen) atoms. The molecule has 2 rings (SSSR count). The van der Waals surface area contributed by atoms with Crippen molar-refractivity contribution in [2.75, 3.05) is 0 Å². The van der Waals surface area contributed by atoms with Gasteiger partial charge in [-0.3, -0.25) is 9.35 Å². The maximum atomic E-state index is 11.5. The van der Waals surface area contributed by atoms with Crippen LogP contribution >= 0.6 is 0 Å². The van der Waals surface area contributed by atoms with Crippen molar-refractivity contribution in [1.82, 2.24) is 0 Å². The lowest BCUT2D eigenvalue weighted by Gasteiger charge is -2.31. The van der Waals surface area contributed by atoms with Gasteiger partial charge < -0.3 is 10.5 Å². The van der Waals surface area contributed by atoms with Crippen LogP contribution in [0, 0.1) is 5.92 Å². The number of alkyl halides is 3. The molecule has 1 aromatic carbocycles. The predicted molar refractivity (Wildman–Crippen MR) is 74.5 cm³/mol. The molecule has 0 radical (unpaired) electrons. The monoisotopic (exact) mass is 355 g/mol. The fourth-order valence-corrected chi connectivity index (χ4v) is 1.65. The van der Waals surface area contributed by atoms with Crippen molar-refractivity contribution >= 4 is 16.1 Å². The lowest BCUT2D eigenvalue weighted by atomic mass is 9.80. The van der Waals surface area contributed by atoms with Crippen LogP contribution in [0.4, 0.5) is 13.2 Å². The van der Waals surface area contributed by atoms with Crippen molar-refractivity contribution in [3.63, 3.8) is 0 Å². The van der Waals surface area contributed by atoms with Gasteiger partial charge in [0, 0.05) is 6.04 Å². The molecule has 0 saturated heterocycles. The lowest BCUT2D eigenvalue weighted by molar-refractivity contribution is -0.153. The Hall–Kier alpha value is -1.65. The van der Waals surface area contributed by atoms with E-state index in [9.17, 15) is 18.0 Å². The van der Waals surface area contributed by atoms with Crippen molar-refractivity contribution in [3.8, 4) is 0 Å². The molecule has 0 bridgehead atoms. The Morgan fingerprint density at radius 1 is 1.26 bits per heavy atom. The van der Waals surface area contributed by atoms with E-state index >= 15 is 0 Å². The molecule has 0 amide bonds.